The summed E-state index contributed by atoms with van der Waals surface area (Å²) in [5, 5.41) is 18.8. The molecule has 0 saturated carbocycles. The molecule has 11 nitrogen and oxygen atoms in total. The van der Waals surface area contributed by atoms with Gasteiger partial charge in [0.1, 0.15) is 11.8 Å². The van der Waals surface area contributed by atoms with Gasteiger partial charge >= 0.3 is 6.03 Å². The second-order valence-corrected chi connectivity index (χ2v) is 10.6. The number of nitriles is 1. The third-order valence-electron chi connectivity index (χ3n) is 6.58. The molecule has 5 rings (SSSR count). The topological polar surface area (TPSA) is 134 Å². The lowest BCUT2D eigenvalue weighted by atomic mass is 10.1. The Morgan fingerprint density at radius 2 is 2.14 bits per heavy atom. The molecule has 0 spiro atoms. The van der Waals surface area contributed by atoms with E-state index in [-0.39, 0.29) is 43.2 Å². The number of sulfonamides is 1. The van der Waals surface area contributed by atoms with Crippen LogP contribution in [0, 0.1) is 23.7 Å². The monoisotopic (exact) mass is 495 g/mol. The molecular formula is C23H25N7O4S. The van der Waals surface area contributed by atoms with Gasteiger partial charge in [0.2, 0.25) is 5.90 Å². The van der Waals surface area contributed by atoms with Crippen molar-refractivity contribution < 1.29 is 17.9 Å². The molecule has 2 aromatic rings. The van der Waals surface area contributed by atoms with E-state index in [4.69, 9.17) is 16.4 Å². The fraction of sp³-hybridized carbons (Fsp3) is 0.435. The minimum absolute atomic E-state index is 0.0171. The van der Waals surface area contributed by atoms with Gasteiger partial charge in [-0.05, 0) is 37.1 Å². The van der Waals surface area contributed by atoms with E-state index in [2.05, 4.69) is 27.4 Å². The number of ether oxygens (including phenoxy) is 1. The minimum atomic E-state index is -3.85. The quantitative estimate of drug-likeness (QED) is 0.613. The molecule has 0 aliphatic carbocycles. The SMILES string of the molecule is C#Cc1ccc2[nH]c(S(=O)(=O)N3CCN(C(=O)N4CCC5NCOC5=N4)C(CCC#N)C3)cc2c1. The fourth-order valence-electron chi connectivity index (χ4n) is 4.68. The number of benzene rings is 1. The van der Waals surface area contributed by atoms with Gasteiger partial charge in [-0.15, -0.1) is 11.5 Å². The summed E-state index contributed by atoms with van der Waals surface area (Å²) in [6.07, 6.45) is 6.70. The van der Waals surface area contributed by atoms with Crippen molar-refractivity contribution >= 4 is 32.9 Å². The molecule has 2 unspecified atom stereocenters. The number of rotatable bonds is 4. The van der Waals surface area contributed by atoms with Crippen LogP contribution in [0.25, 0.3) is 10.9 Å². The number of hydrazone groups is 1. The van der Waals surface area contributed by atoms with Gasteiger partial charge in [0.05, 0.1) is 12.1 Å². The third-order valence-corrected chi connectivity index (χ3v) is 8.37. The largest absolute Gasteiger partial charge is 0.463 e. The first-order valence-electron chi connectivity index (χ1n) is 11.4. The Morgan fingerprint density at radius 3 is 2.94 bits per heavy atom. The van der Waals surface area contributed by atoms with E-state index in [9.17, 15) is 13.2 Å². The van der Waals surface area contributed by atoms with Crippen molar-refractivity contribution in [2.45, 2.75) is 36.4 Å². The molecule has 0 bridgehead atoms. The Labute approximate surface area is 203 Å². The summed E-state index contributed by atoms with van der Waals surface area (Å²) in [6.45, 7) is 1.21. The van der Waals surface area contributed by atoms with E-state index in [0.717, 1.165) is 0 Å². The maximum absolute atomic E-state index is 13.5. The molecule has 1 aromatic carbocycles. The molecule has 182 valence electrons. The standard InChI is InChI=1S/C23H25N7O4S/c1-2-16-5-6-19-17(12-16)13-21(26-19)35(32,33)28-10-11-29(18(14-28)4-3-8-24)23(31)30-9-7-20-22(27-30)34-15-25-20/h1,5-6,12-13,18,20,25-26H,3-4,7,9-11,14-15H2. The van der Waals surface area contributed by atoms with Crippen LogP contribution in [0.1, 0.15) is 24.8 Å². The number of aromatic nitrogens is 1. The summed E-state index contributed by atoms with van der Waals surface area (Å²) in [4.78, 5) is 17.9. The van der Waals surface area contributed by atoms with Crippen LogP contribution in [0.4, 0.5) is 4.79 Å². The number of carbonyl (C=O) groups is 1. The zero-order valence-electron chi connectivity index (χ0n) is 19.0. The number of urea groups is 1. The highest BCUT2D eigenvalue weighted by molar-refractivity contribution is 7.89. The first-order valence-corrected chi connectivity index (χ1v) is 12.8. The normalized spacial score (nSPS) is 22.7. The second kappa shape index (κ2) is 9.23. The third kappa shape index (κ3) is 4.32. The van der Waals surface area contributed by atoms with E-state index in [1.807, 2.05) is 0 Å². The number of nitrogens with one attached hydrogen (secondary N) is 2. The molecule has 2 fully saturated rings. The molecule has 3 aliphatic heterocycles. The molecule has 1 aromatic heterocycles. The molecule has 2 amide bonds. The molecule has 2 N–H and O–H groups in total. The van der Waals surface area contributed by atoms with Crippen LogP contribution in [-0.2, 0) is 14.8 Å². The molecule has 2 saturated heterocycles. The number of fused-ring (bicyclic) bond motifs is 2. The first-order chi connectivity index (χ1) is 16.9. The summed E-state index contributed by atoms with van der Waals surface area (Å²) in [5.41, 5.74) is 1.33. The average molecular weight is 496 g/mol. The van der Waals surface area contributed by atoms with Gasteiger partial charge in [0.25, 0.3) is 10.0 Å². The summed E-state index contributed by atoms with van der Waals surface area (Å²) < 4.78 is 33.7. The van der Waals surface area contributed by atoms with Gasteiger partial charge in [0, 0.05) is 55.1 Å². The molecule has 4 heterocycles. The minimum Gasteiger partial charge on any atom is -0.463 e. The van der Waals surface area contributed by atoms with Crippen LogP contribution < -0.4 is 5.32 Å². The van der Waals surface area contributed by atoms with Crippen molar-refractivity contribution in [2.75, 3.05) is 32.9 Å². The molecule has 0 radical (unpaired) electrons. The van der Waals surface area contributed by atoms with E-state index >= 15 is 0 Å². The lowest BCUT2D eigenvalue weighted by molar-refractivity contribution is 0.0959. The van der Waals surface area contributed by atoms with Crippen LogP contribution in [-0.4, -0.2) is 84.5 Å². The number of hydrogen-bond donors (Lipinski definition) is 2. The smallest absolute Gasteiger partial charge is 0.340 e. The van der Waals surface area contributed by atoms with Crippen LogP contribution in [0.3, 0.4) is 0 Å². The number of hydrogen-bond acceptors (Lipinski definition) is 7. The van der Waals surface area contributed by atoms with E-state index in [1.165, 1.54) is 9.31 Å². The lowest BCUT2D eigenvalue weighted by Crippen LogP contribution is -2.59. The predicted octanol–water partition coefficient (Wildman–Crippen LogP) is 1.21. The average Bonchev–Trinajstić information content (AvgIpc) is 3.53. The van der Waals surface area contributed by atoms with Gasteiger partial charge in [0.15, 0.2) is 0 Å². The van der Waals surface area contributed by atoms with Crippen molar-refractivity contribution in [3.05, 3.63) is 29.8 Å². The van der Waals surface area contributed by atoms with Crippen molar-refractivity contribution in [3.8, 4) is 18.4 Å². The van der Waals surface area contributed by atoms with Gasteiger partial charge in [-0.2, -0.15) is 9.57 Å². The number of carbonyl (C=O) groups excluding carboxylic acids is 1. The molecule has 12 heteroatoms. The van der Waals surface area contributed by atoms with E-state index in [1.54, 1.807) is 29.2 Å². The summed E-state index contributed by atoms with van der Waals surface area (Å²) >= 11 is 0. The maximum Gasteiger partial charge on any atom is 0.340 e. The van der Waals surface area contributed by atoms with Gasteiger partial charge in [-0.25, -0.2) is 18.2 Å². The lowest BCUT2D eigenvalue weighted by Gasteiger charge is -2.42. The highest BCUT2D eigenvalue weighted by atomic mass is 32.2. The highest BCUT2D eigenvalue weighted by Crippen LogP contribution is 2.26. The van der Waals surface area contributed by atoms with E-state index < -0.39 is 16.1 Å². The zero-order chi connectivity index (χ0) is 24.6. The first kappa shape index (κ1) is 23.2. The maximum atomic E-state index is 13.5. The van der Waals surface area contributed by atoms with Crippen LogP contribution in [0.2, 0.25) is 0 Å². The summed E-state index contributed by atoms with van der Waals surface area (Å²) in [5.74, 6) is 3.04. The van der Waals surface area contributed by atoms with Gasteiger partial charge in [-0.1, -0.05) is 5.92 Å². The van der Waals surface area contributed by atoms with Crippen LogP contribution in [0.5, 0.6) is 0 Å². The Bertz CT molecular complexity index is 1370. The zero-order valence-corrected chi connectivity index (χ0v) is 19.8. The Hall–Kier alpha value is -3.58. The van der Waals surface area contributed by atoms with Crippen molar-refractivity contribution in [1.29, 1.82) is 5.26 Å². The number of aromatic amines is 1. The Balaban J connectivity index is 1.36. The molecule has 2 atom stereocenters. The second-order valence-electron chi connectivity index (χ2n) is 8.67. The number of H-pyrrole nitrogens is 1. The van der Waals surface area contributed by atoms with Crippen molar-refractivity contribution in [1.82, 2.24) is 24.5 Å². The Kier molecular flexibility index (Phi) is 6.11. The van der Waals surface area contributed by atoms with E-state index in [0.29, 0.717) is 48.5 Å². The van der Waals surface area contributed by atoms with Crippen LogP contribution in [0.15, 0.2) is 34.4 Å². The predicted molar refractivity (Wildman–Crippen MR) is 127 cm³/mol. The van der Waals surface area contributed by atoms with Crippen molar-refractivity contribution in [3.63, 3.8) is 0 Å². The molecule has 3 aliphatic rings. The van der Waals surface area contributed by atoms with Gasteiger partial charge in [-0.3, -0.25) is 5.32 Å². The number of piperazine rings is 1. The van der Waals surface area contributed by atoms with Crippen molar-refractivity contribution in [2.24, 2.45) is 5.10 Å². The fourth-order valence-corrected chi connectivity index (χ4v) is 6.17. The molecule has 35 heavy (non-hydrogen) atoms. The summed E-state index contributed by atoms with van der Waals surface area (Å²) in [6, 6.07) is 8.18. The van der Waals surface area contributed by atoms with Gasteiger partial charge < -0.3 is 14.6 Å². The number of amides is 2. The van der Waals surface area contributed by atoms with Crippen LogP contribution >= 0.6 is 0 Å². The number of terminal acetylenes is 1. The molecular weight excluding hydrogens is 470 g/mol. The Morgan fingerprint density at radius 1 is 1.29 bits per heavy atom. The highest BCUT2D eigenvalue weighted by Gasteiger charge is 2.40. The number of nitrogens with zero attached hydrogens (tertiary/aromatic N) is 5. The summed E-state index contributed by atoms with van der Waals surface area (Å²) in [7, 11) is -3.85.